The van der Waals surface area contributed by atoms with Crippen molar-refractivity contribution in [2.75, 3.05) is 11.9 Å². The summed E-state index contributed by atoms with van der Waals surface area (Å²) in [6.07, 6.45) is 0.177. The van der Waals surface area contributed by atoms with E-state index in [9.17, 15) is 9.59 Å². The van der Waals surface area contributed by atoms with E-state index in [1.807, 2.05) is 50.2 Å². The van der Waals surface area contributed by atoms with E-state index in [1.165, 1.54) is 11.3 Å². The Morgan fingerprint density at radius 3 is 2.58 bits per heavy atom. The van der Waals surface area contributed by atoms with Crippen LogP contribution in [0.3, 0.4) is 0 Å². The molecule has 3 aromatic rings. The molecule has 1 aromatic heterocycles. The number of amides is 2. The summed E-state index contributed by atoms with van der Waals surface area (Å²) < 4.78 is 0. The van der Waals surface area contributed by atoms with Crippen LogP contribution in [0.1, 0.15) is 41.6 Å². The predicted octanol–water partition coefficient (Wildman–Crippen LogP) is 3.57. The van der Waals surface area contributed by atoms with Crippen LogP contribution in [0.25, 0.3) is 10.8 Å². The summed E-state index contributed by atoms with van der Waals surface area (Å²) >= 11 is 1.37. The Bertz CT molecular complexity index is 936. The van der Waals surface area contributed by atoms with E-state index in [0.29, 0.717) is 10.7 Å². The first-order valence-electron chi connectivity index (χ1n) is 8.43. The molecular weight excluding hydrogens is 348 g/mol. The van der Waals surface area contributed by atoms with E-state index in [4.69, 9.17) is 0 Å². The van der Waals surface area contributed by atoms with Gasteiger partial charge >= 0.3 is 0 Å². The van der Waals surface area contributed by atoms with Gasteiger partial charge in [0.2, 0.25) is 11.0 Å². The van der Waals surface area contributed by atoms with E-state index in [1.54, 1.807) is 6.07 Å². The Morgan fingerprint density at radius 2 is 1.85 bits per heavy atom. The smallest absolute Gasteiger partial charge is 0.251 e. The van der Waals surface area contributed by atoms with E-state index >= 15 is 0 Å². The van der Waals surface area contributed by atoms with Gasteiger partial charge in [-0.2, -0.15) is 0 Å². The summed E-state index contributed by atoms with van der Waals surface area (Å²) in [7, 11) is 0. The van der Waals surface area contributed by atoms with Gasteiger partial charge in [0.1, 0.15) is 5.01 Å². The molecule has 0 aliphatic rings. The maximum atomic E-state index is 12.2. The fourth-order valence-corrected chi connectivity index (χ4v) is 3.18. The zero-order valence-corrected chi connectivity index (χ0v) is 15.5. The van der Waals surface area contributed by atoms with Crippen molar-refractivity contribution in [3.05, 3.63) is 53.0 Å². The second kappa shape index (κ2) is 8.05. The molecule has 26 heavy (non-hydrogen) atoms. The molecular formula is C19H20N4O2S. The van der Waals surface area contributed by atoms with Crippen LogP contribution in [-0.2, 0) is 4.79 Å². The molecule has 0 bridgehead atoms. The lowest BCUT2D eigenvalue weighted by molar-refractivity contribution is -0.116. The standard InChI is InChI=1S/C19H20N4O2S/c1-12(2)18-22-23-19(26-18)21-16(24)9-10-20-17(25)15-8-7-13-5-3-4-6-14(13)11-15/h3-8,11-12H,9-10H2,1-2H3,(H,20,25)(H,21,23,24). The molecule has 0 aliphatic heterocycles. The van der Waals surface area contributed by atoms with Crippen molar-refractivity contribution in [2.45, 2.75) is 26.2 Å². The van der Waals surface area contributed by atoms with Crippen molar-refractivity contribution in [3.63, 3.8) is 0 Å². The molecule has 3 rings (SSSR count). The van der Waals surface area contributed by atoms with Crippen molar-refractivity contribution in [3.8, 4) is 0 Å². The Morgan fingerprint density at radius 1 is 1.08 bits per heavy atom. The van der Waals surface area contributed by atoms with Crippen molar-refractivity contribution >= 4 is 39.1 Å². The molecule has 6 nitrogen and oxygen atoms in total. The minimum atomic E-state index is -0.199. The number of aromatic nitrogens is 2. The Kier molecular flexibility index (Phi) is 5.58. The number of fused-ring (bicyclic) bond motifs is 1. The second-order valence-corrected chi connectivity index (χ2v) is 7.23. The van der Waals surface area contributed by atoms with Crippen LogP contribution in [0.5, 0.6) is 0 Å². The SMILES string of the molecule is CC(C)c1nnc(NC(=O)CCNC(=O)c2ccc3ccccc3c2)s1. The molecule has 0 atom stereocenters. The van der Waals surface area contributed by atoms with Gasteiger partial charge in [0, 0.05) is 24.4 Å². The van der Waals surface area contributed by atoms with Crippen LogP contribution in [0, 0.1) is 0 Å². The molecule has 0 saturated heterocycles. The highest BCUT2D eigenvalue weighted by atomic mass is 32.1. The van der Waals surface area contributed by atoms with Gasteiger partial charge in [-0.25, -0.2) is 0 Å². The lowest BCUT2D eigenvalue weighted by Gasteiger charge is -2.06. The van der Waals surface area contributed by atoms with E-state index in [-0.39, 0.29) is 30.7 Å². The highest BCUT2D eigenvalue weighted by Crippen LogP contribution is 2.22. The normalized spacial score (nSPS) is 10.9. The van der Waals surface area contributed by atoms with Crippen molar-refractivity contribution < 1.29 is 9.59 Å². The highest BCUT2D eigenvalue weighted by Gasteiger charge is 2.11. The number of rotatable bonds is 6. The maximum Gasteiger partial charge on any atom is 0.251 e. The average molecular weight is 368 g/mol. The molecule has 2 aromatic carbocycles. The van der Waals surface area contributed by atoms with Crippen LogP contribution in [0.4, 0.5) is 5.13 Å². The molecule has 7 heteroatoms. The number of benzene rings is 2. The first-order valence-corrected chi connectivity index (χ1v) is 9.25. The van der Waals surface area contributed by atoms with Crippen molar-refractivity contribution in [1.29, 1.82) is 0 Å². The second-order valence-electron chi connectivity index (χ2n) is 6.22. The maximum absolute atomic E-state index is 12.2. The highest BCUT2D eigenvalue weighted by molar-refractivity contribution is 7.15. The zero-order valence-electron chi connectivity index (χ0n) is 14.7. The quantitative estimate of drug-likeness (QED) is 0.697. The molecule has 2 amide bonds. The molecule has 0 aliphatic carbocycles. The van der Waals surface area contributed by atoms with Crippen LogP contribution in [0.15, 0.2) is 42.5 Å². The summed E-state index contributed by atoms with van der Waals surface area (Å²) in [4.78, 5) is 24.2. The number of carbonyl (C=O) groups excluding carboxylic acids is 2. The lowest BCUT2D eigenvalue weighted by Crippen LogP contribution is -2.27. The largest absolute Gasteiger partial charge is 0.352 e. The molecule has 0 fully saturated rings. The topological polar surface area (TPSA) is 84.0 Å². The van der Waals surface area contributed by atoms with Gasteiger partial charge in [0.05, 0.1) is 0 Å². The summed E-state index contributed by atoms with van der Waals surface area (Å²) in [5.74, 6) is -0.115. The van der Waals surface area contributed by atoms with E-state index < -0.39 is 0 Å². The Labute approximate surface area is 155 Å². The van der Waals surface area contributed by atoms with Crippen LogP contribution in [-0.4, -0.2) is 28.6 Å². The van der Waals surface area contributed by atoms with Gasteiger partial charge in [-0.3, -0.25) is 9.59 Å². The van der Waals surface area contributed by atoms with Crippen LogP contribution >= 0.6 is 11.3 Å². The third-order valence-corrected chi connectivity index (χ3v) is 4.97. The number of anilines is 1. The zero-order chi connectivity index (χ0) is 18.5. The monoisotopic (exact) mass is 368 g/mol. The first kappa shape index (κ1) is 18.0. The van der Waals surface area contributed by atoms with Gasteiger partial charge in [-0.1, -0.05) is 55.5 Å². The average Bonchev–Trinajstić information content (AvgIpc) is 3.10. The summed E-state index contributed by atoms with van der Waals surface area (Å²) in [6, 6.07) is 13.4. The first-order chi connectivity index (χ1) is 12.5. The molecule has 1 heterocycles. The molecule has 2 N–H and O–H groups in total. The van der Waals surface area contributed by atoms with Gasteiger partial charge in [-0.05, 0) is 22.9 Å². The van der Waals surface area contributed by atoms with Crippen molar-refractivity contribution in [2.24, 2.45) is 0 Å². The minimum Gasteiger partial charge on any atom is -0.352 e. The summed E-state index contributed by atoms with van der Waals surface area (Å²) in [5, 5.41) is 16.9. The molecule has 0 spiro atoms. The minimum absolute atomic E-state index is 0.177. The molecule has 134 valence electrons. The number of nitrogens with zero attached hydrogens (tertiary/aromatic N) is 2. The van der Waals surface area contributed by atoms with Crippen LogP contribution in [0.2, 0.25) is 0 Å². The fourth-order valence-electron chi connectivity index (χ4n) is 2.42. The molecule has 0 saturated carbocycles. The Balaban J connectivity index is 1.49. The third kappa shape index (κ3) is 4.43. The summed E-state index contributed by atoms with van der Waals surface area (Å²) in [6.45, 7) is 4.30. The molecule has 0 radical (unpaired) electrons. The lowest BCUT2D eigenvalue weighted by atomic mass is 10.1. The summed E-state index contributed by atoms with van der Waals surface area (Å²) in [5.41, 5.74) is 0.579. The number of carbonyl (C=O) groups is 2. The van der Waals surface area contributed by atoms with E-state index in [0.717, 1.165) is 15.8 Å². The van der Waals surface area contributed by atoms with Gasteiger partial charge in [0.15, 0.2) is 0 Å². The van der Waals surface area contributed by atoms with Crippen molar-refractivity contribution in [1.82, 2.24) is 15.5 Å². The van der Waals surface area contributed by atoms with Gasteiger partial charge < -0.3 is 10.6 Å². The van der Waals surface area contributed by atoms with Gasteiger partial charge in [-0.15, -0.1) is 10.2 Å². The van der Waals surface area contributed by atoms with Gasteiger partial charge in [0.25, 0.3) is 5.91 Å². The fraction of sp³-hybridized carbons (Fsp3) is 0.263. The third-order valence-electron chi connectivity index (χ3n) is 3.83. The number of nitrogens with one attached hydrogen (secondary N) is 2. The number of hydrogen-bond acceptors (Lipinski definition) is 5. The Hall–Kier alpha value is -2.80. The van der Waals surface area contributed by atoms with E-state index in [2.05, 4.69) is 20.8 Å². The predicted molar refractivity (Wildman–Crippen MR) is 104 cm³/mol. The molecule has 0 unspecified atom stereocenters. The number of hydrogen-bond donors (Lipinski definition) is 2. The van der Waals surface area contributed by atoms with Crippen LogP contribution < -0.4 is 10.6 Å².